The van der Waals surface area contributed by atoms with Gasteiger partial charge in [0.25, 0.3) is 5.22 Å². The Kier molecular flexibility index (Phi) is 4.49. The van der Waals surface area contributed by atoms with Gasteiger partial charge >= 0.3 is 0 Å². The zero-order valence-electron chi connectivity index (χ0n) is 10.8. The van der Waals surface area contributed by atoms with Gasteiger partial charge in [0.2, 0.25) is 0 Å². The first-order valence-electron chi connectivity index (χ1n) is 6.24. The average Bonchev–Trinajstić information content (AvgIpc) is 2.79. The fourth-order valence-electron chi connectivity index (χ4n) is 1.81. The molecule has 0 atom stereocenters. The normalized spacial score (nSPS) is 11.5. The Hall–Kier alpha value is -1.20. The molecule has 2 aromatic rings. The van der Waals surface area contributed by atoms with Crippen LogP contribution in [0.4, 0.5) is 5.69 Å². The molecule has 0 unspecified atom stereocenters. The molecule has 0 aliphatic heterocycles. The van der Waals surface area contributed by atoms with Crippen molar-refractivity contribution >= 4 is 28.5 Å². The van der Waals surface area contributed by atoms with E-state index in [1.807, 2.05) is 18.2 Å². The summed E-state index contributed by atoms with van der Waals surface area (Å²) in [4.78, 5) is 6.79. The lowest BCUT2D eigenvalue weighted by Crippen LogP contribution is -2.25. The van der Waals surface area contributed by atoms with Gasteiger partial charge in [-0.2, -0.15) is 0 Å². The monoisotopic (exact) mass is 265 g/mol. The van der Waals surface area contributed by atoms with E-state index in [2.05, 4.69) is 23.7 Å². The predicted molar refractivity (Wildman–Crippen MR) is 76.9 cm³/mol. The molecule has 0 aliphatic rings. The van der Waals surface area contributed by atoms with Crippen LogP contribution in [0.25, 0.3) is 11.1 Å². The van der Waals surface area contributed by atoms with Crippen LogP contribution in [0, 0.1) is 0 Å². The van der Waals surface area contributed by atoms with Gasteiger partial charge in [-0.15, -0.1) is 0 Å². The second-order valence-electron chi connectivity index (χ2n) is 4.05. The van der Waals surface area contributed by atoms with Crippen molar-refractivity contribution in [1.82, 2.24) is 9.88 Å². The summed E-state index contributed by atoms with van der Waals surface area (Å²) >= 11 is 1.64. The molecule has 2 rings (SSSR count). The Morgan fingerprint density at radius 2 is 2.11 bits per heavy atom. The number of benzene rings is 1. The second kappa shape index (κ2) is 6.11. The Bertz CT molecular complexity index is 508. The molecule has 0 amide bonds. The molecule has 1 aromatic carbocycles. The summed E-state index contributed by atoms with van der Waals surface area (Å²) in [6, 6.07) is 5.62. The third-order valence-electron chi connectivity index (χ3n) is 2.96. The molecule has 1 heterocycles. The summed E-state index contributed by atoms with van der Waals surface area (Å²) in [7, 11) is 0. The summed E-state index contributed by atoms with van der Waals surface area (Å²) < 4.78 is 5.65. The summed E-state index contributed by atoms with van der Waals surface area (Å²) in [6.07, 6.45) is 0. The molecule has 0 aliphatic carbocycles. The molecule has 4 nitrogen and oxygen atoms in total. The van der Waals surface area contributed by atoms with Crippen LogP contribution in [0.2, 0.25) is 0 Å². The lowest BCUT2D eigenvalue weighted by atomic mass is 10.3. The van der Waals surface area contributed by atoms with Gasteiger partial charge in [-0.05, 0) is 25.2 Å². The van der Waals surface area contributed by atoms with E-state index in [0.717, 1.165) is 36.5 Å². The molecule has 18 heavy (non-hydrogen) atoms. The number of nitrogens with zero attached hydrogens (tertiary/aromatic N) is 2. The van der Waals surface area contributed by atoms with Gasteiger partial charge in [0.1, 0.15) is 5.52 Å². The largest absolute Gasteiger partial charge is 0.431 e. The van der Waals surface area contributed by atoms with E-state index in [1.165, 1.54) is 0 Å². The van der Waals surface area contributed by atoms with Crippen molar-refractivity contribution < 1.29 is 4.42 Å². The highest BCUT2D eigenvalue weighted by Crippen LogP contribution is 2.26. The van der Waals surface area contributed by atoms with Gasteiger partial charge in [0, 0.05) is 12.3 Å². The maximum absolute atomic E-state index is 5.85. The lowest BCUT2D eigenvalue weighted by Gasteiger charge is -2.16. The summed E-state index contributed by atoms with van der Waals surface area (Å²) in [5, 5.41) is 0.704. The van der Waals surface area contributed by atoms with Crippen molar-refractivity contribution in [2.45, 2.75) is 19.1 Å². The third kappa shape index (κ3) is 2.97. The highest BCUT2D eigenvalue weighted by Gasteiger charge is 2.08. The molecule has 1 aromatic heterocycles. The molecule has 0 fully saturated rings. The molecular weight excluding hydrogens is 246 g/mol. The first-order chi connectivity index (χ1) is 8.74. The molecule has 0 radical (unpaired) electrons. The second-order valence-corrected chi connectivity index (χ2v) is 5.10. The van der Waals surface area contributed by atoms with Gasteiger partial charge in [-0.3, -0.25) is 0 Å². The summed E-state index contributed by atoms with van der Waals surface area (Å²) in [5.74, 6) is 0.981. The predicted octanol–water partition coefficient (Wildman–Crippen LogP) is 2.84. The van der Waals surface area contributed by atoms with Gasteiger partial charge in [0.05, 0.1) is 5.69 Å². The first kappa shape index (κ1) is 13.2. The number of aromatic nitrogens is 1. The van der Waals surface area contributed by atoms with Crippen molar-refractivity contribution in [3.05, 3.63) is 18.2 Å². The van der Waals surface area contributed by atoms with E-state index in [0.29, 0.717) is 10.9 Å². The van der Waals surface area contributed by atoms with Crippen LogP contribution in [0.5, 0.6) is 0 Å². The van der Waals surface area contributed by atoms with E-state index in [1.54, 1.807) is 11.8 Å². The fraction of sp³-hybridized carbons (Fsp3) is 0.462. The van der Waals surface area contributed by atoms with Crippen LogP contribution in [-0.4, -0.2) is 35.3 Å². The van der Waals surface area contributed by atoms with E-state index >= 15 is 0 Å². The molecule has 5 heteroatoms. The van der Waals surface area contributed by atoms with Crippen LogP contribution < -0.4 is 5.73 Å². The fourth-order valence-corrected chi connectivity index (χ4v) is 2.64. The summed E-state index contributed by atoms with van der Waals surface area (Å²) in [5.41, 5.74) is 8.05. The Morgan fingerprint density at radius 1 is 1.33 bits per heavy atom. The van der Waals surface area contributed by atoms with Gasteiger partial charge in [-0.25, -0.2) is 4.98 Å². The Morgan fingerprint density at radius 3 is 2.78 bits per heavy atom. The van der Waals surface area contributed by atoms with Crippen molar-refractivity contribution in [3.8, 4) is 0 Å². The summed E-state index contributed by atoms with van der Waals surface area (Å²) in [6.45, 7) is 7.56. The number of hydrogen-bond acceptors (Lipinski definition) is 5. The molecular formula is C13H19N3OS. The SMILES string of the molecule is CCN(CC)CCSc1nc2c(N)cccc2o1. The highest BCUT2D eigenvalue weighted by molar-refractivity contribution is 7.99. The third-order valence-corrected chi connectivity index (χ3v) is 3.77. The van der Waals surface area contributed by atoms with Crippen molar-refractivity contribution in [2.24, 2.45) is 0 Å². The average molecular weight is 265 g/mol. The van der Waals surface area contributed by atoms with E-state index in [-0.39, 0.29) is 0 Å². The maximum atomic E-state index is 5.85. The number of hydrogen-bond donors (Lipinski definition) is 1. The molecule has 0 spiro atoms. The Labute approximate surface area is 112 Å². The van der Waals surface area contributed by atoms with Crippen molar-refractivity contribution in [1.29, 1.82) is 0 Å². The number of para-hydroxylation sites is 1. The number of rotatable bonds is 6. The van der Waals surface area contributed by atoms with Crippen LogP contribution in [-0.2, 0) is 0 Å². The minimum atomic E-state index is 0.673. The number of anilines is 1. The minimum Gasteiger partial charge on any atom is -0.431 e. The highest BCUT2D eigenvalue weighted by atomic mass is 32.2. The number of fused-ring (bicyclic) bond motifs is 1. The smallest absolute Gasteiger partial charge is 0.256 e. The molecule has 0 bridgehead atoms. The topological polar surface area (TPSA) is 55.3 Å². The van der Waals surface area contributed by atoms with Gasteiger partial charge in [-0.1, -0.05) is 31.7 Å². The van der Waals surface area contributed by atoms with Crippen LogP contribution in [0.1, 0.15) is 13.8 Å². The number of oxazole rings is 1. The van der Waals surface area contributed by atoms with E-state index < -0.39 is 0 Å². The minimum absolute atomic E-state index is 0.673. The maximum Gasteiger partial charge on any atom is 0.256 e. The number of thioether (sulfide) groups is 1. The van der Waals surface area contributed by atoms with Crippen molar-refractivity contribution in [2.75, 3.05) is 31.1 Å². The van der Waals surface area contributed by atoms with Crippen molar-refractivity contribution in [3.63, 3.8) is 0 Å². The first-order valence-corrected chi connectivity index (χ1v) is 7.23. The van der Waals surface area contributed by atoms with E-state index in [9.17, 15) is 0 Å². The molecule has 0 saturated carbocycles. The zero-order valence-corrected chi connectivity index (χ0v) is 11.7. The molecule has 0 saturated heterocycles. The van der Waals surface area contributed by atoms with Crippen LogP contribution in [0.15, 0.2) is 27.8 Å². The standard InChI is InChI=1S/C13H19N3OS/c1-3-16(4-2)8-9-18-13-15-12-10(14)6-5-7-11(12)17-13/h5-7H,3-4,8-9,14H2,1-2H3. The lowest BCUT2D eigenvalue weighted by molar-refractivity contribution is 0.323. The van der Waals surface area contributed by atoms with Gasteiger partial charge < -0.3 is 15.1 Å². The molecule has 2 N–H and O–H groups in total. The van der Waals surface area contributed by atoms with E-state index in [4.69, 9.17) is 10.2 Å². The number of nitrogen functional groups attached to an aromatic ring is 1. The zero-order chi connectivity index (χ0) is 13.0. The van der Waals surface area contributed by atoms with Gasteiger partial charge in [0.15, 0.2) is 5.58 Å². The quantitative estimate of drug-likeness (QED) is 0.643. The number of nitrogens with two attached hydrogens (primary N) is 1. The van der Waals surface area contributed by atoms with Crippen LogP contribution in [0.3, 0.4) is 0 Å². The van der Waals surface area contributed by atoms with Crippen LogP contribution >= 0.6 is 11.8 Å². The Balaban J connectivity index is 1.98. The molecule has 98 valence electrons.